The number of carbonyl (C=O) groups excluding carboxylic acids is 1. The number of alkyl halides is 2. The Morgan fingerprint density at radius 3 is 2.17 bits per heavy atom. The number of nitrogens with one attached hydrogen (secondary N) is 1. The molecule has 4 aromatic carbocycles. The molecule has 1 saturated carbocycles. The van der Waals surface area contributed by atoms with Crippen LogP contribution in [0.3, 0.4) is 0 Å². The highest BCUT2D eigenvalue weighted by Crippen LogP contribution is 2.41. The number of nitrogens with two attached hydrogens (primary N) is 1. The monoisotopic (exact) mass is 679 g/mol. The molecular weight excluding hydrogens is 644 g/mol. The second kappa shape index (κ2) is 12.5. The second-order valence-electron chi connectivity index (χ2n) is 12.9. The van der Waals surface area contributed by atoms with Crippen LogP contribution in [-0.4, -0.2) is 49.5 Å². The number of carbonyl (C=O) groups is 1. The summed E-state index contributed by atoms with van der Waals surface area (Å²) in [6.07, 6.45) is 6.17. The summed E-state index contributed by atoms with van der Waals surface area (Å²) < 4.78 is 69.0. The Balaban J connectivity index is 1.20. The van der Waals surface area contributed by atoms with Crippen molar-refractivity contribution in [3.05, 3.63) is 95.5 Å². The number of nitrogens with zero attached hydrogens (tertiary/aromatic N) is 1. The summed E-state index contributed by atoms with van der Waals surface area (Å²) in [6, 6.07) is 18.8. The topological polar surface area (TPSA) is 102 Å². The summed E-state index contributed by atoms with van der Waals surface area (Å²) in [7, 11) is -4.58. The first-order valence-electron chi connectivity index (χ1n) is 16.0. The van der Waals surface area contributed by atoms with Crippen molar-refractivity contribution < 1.29 is 26.7 Å². The molecule has 0 radical (unpaired) electrons. The van der Waals surface area contributed by atoms with Gasteiger partial charge >= 0.3 is 0 Å². The van der Waals surface area contributed by atoms with Crippen molar-refractivity contribution >= 4 is 38.3 Å². The fourth-order valence-corrected chi connectivity index (χ4v) is 8.72. The van der Waals surface area contributed by atoms with Gasteiger partial charge in [0.05, 0.1) is 11.0 Å². The number of amides is 1. The van der Waals surface area contributed by atoms with Crippen molar-refractivity contribution in [2.75, 3.05) is 0 Å². The van der Waals surface area contributed by atoms with E-state index >= 15 is 8.78 Å². The zero-order chi connectivity index (χ0) is 32.9. The fraction of sp³-hybridized carbons (Fsp3) is 0.361. The molecule has 7 nitrogen and oxygen atoms in total. The summed E-state index contributed by atoms with van der Waals surface area (Å²) in [5.41, 5.74) is 7.19. The number of benzene rings is 4. The van der Waals surface area contributed by atoms with Crippen LogP contribution in [0.4, 0.5) is 8.78 Å². The van der Waals surface area contributed by atoms with Crippen LogP contribution in [0, 0.1) is 0 Å². The molecule has 0 spiro atoms. The Morgan fingerprint density at radius 2 is 1.53 bits per heavy atom. The lowest BCUT2D eigenvalue weighted by Crippen LogP contribution is -2.57. The van der Waals surface area contributed by atoms with Crippen LogP contribution in [0.5, 0.6) is 5.75 Å². The Morgan fingerprint density at radius 1 is 0.894 bits per heavy atom. The largest absolute Gasteiger partial charge is 0.490 e. The van der Waals surface area contributed by atoms with E-state index in [1.165, 1.54) is 41.3 Å². The lowest BCUT2D eigenvalue weighted by atomic mass is 9.96. The zero-order valence-electron chi connectivity index (χ0n) is 25.6. The maximum absolute atomic E-state index is 16.6. The molecular formula is C36H36ClF2N3O4S. The summed E-state index contributed by atoms with van der Waals surface area (Å²) in [5, 5.41) is 1.90. The predicted molar refractivity (Wildman–Crippen MR) is 178 cm³/mol. The van der Waals surface area contributed by atoms with Crippen molar-refractivity contribution in [1.82, 2.24) is 9.62 Å². The van der Waals surface area contributed by atoms with Gasteiger partial charge in [-0.25, -0.2) is 8.42 Å². The Kier molecular flexibility index (Phi) is 8.49. The number of fused-ring (bicyclic) bond motifs is 3. The first-order valence-corrected chi connectivity index (χ1v) is 17.9. The van der Waals surface area contributed by atoms with Gasteiger partial charge in [0.1, 0.15) is 5.75 Å². The van der Waals surface area contributed by atoms with Gasteiger partial charge in [-0.1, -0.05) is 60.1 Å². The van der Waals surface area contributed by atoms with E-state index in [-0.39, 0.29) is 23.1 Å². The lowest BCUT2D eigenvalue weighted by molar-refractivity contribution is -0.145. The minimum Gasteiger partial charge on any atom is -0.490 e. The smallest absolute Gasteiger partial charge is 0.298 e. The average Bonchev–Trinajstić information content (AvgIpc) is 3.80. The third-order valence-electron chi connectivity index (χ3n) is 9.87. The van der Waals surface area contributed by atoms with E-state index in [2.05, 4.69) is 4.72 Å². The molecule has 3 aliphatic rings. The van der Waals surface area contributed by atoms with E-state index in [1.54, 1.807) is 42.5 Å². The van der Waals surface area contributed by atoms with Gasteiger partial charge in [0.15, 0.2) is 6.04 Å². The molecule has 3 fully saturated rings. The quantitative estimate of drug-likeness (QED) is 0.198. The van der Waals surface area contributed by atoms with Gasteiger partial charge < -0.3 is 15.4 Å². The third kappa shape index (κ3) is 6.24. The van der Waals surface area contributed by atoms with Crippen molar-refractivity contribution in [2.24, 2.45) is 5.73 Å². The molecule has 11 heteroatoms. The van der Waals surface area contributed by atoms with Gasteiger partial charge in [-0.05, 0) is 103 Å². The first kappa shape index (κ1) is 32.0. The van der Waals surface area contributed by atoms with Crippen LogP contribution in [0.2, 0.25) is 5.02 Å². The minimum atomic E-state index is -4.58. The van der Waals surface area contributed by atoms with Gasteiger partial charge in [0.2, 0.25) is 15.9 Å². The standard InChI is InChI=1S/C36H36ClF2N3O4S/c37-27-13-7-23(8-14-27)22-5-11-26(12-6-22)36(38,39)34(35(43)42-28-15-18-33(42)32(40)21-28)41-47(44,45)31-17-10-24-19-30(16-9-25(24)20-31)46-29-3-1-2-4-29/h5-14,16-17,19-20,28-29,32-34,41H,1-4,15,18,21,40H2/t28?,32-,33?,34+/m0/s1. The van der Waals surface area contributed by atoms with Gasteiger partial charge in [0, 0.05) is 28.7 Å². The van der Waals surface area contributed by atoms with Gasteiger partial charge in [-0.15, -0.1) is 0 Å². The second-order valence-corrected chi connectivity index (χ2v) is 15.1. The molecule has 2 saturated heterocycles. The Bertz CT molecular complexity index is 1900. The van der Waals surface area contributed by atoms with Crippen molar-refractivity contribution in [3.63, 3.8) is 0 Å². The SMILES string of the molecule is N[C@H]1CC2CCC1N2C(=O)[C@@H](NS(=O)(=O)c1ccc2cc(OC3CCCC3)ccc2c1)C(F)(F)c1ccc(-c2ccc(Cl)cc2)cc1. The maximum Gasteiger partial charge on any atom is 0.298 e. The van der Waals surface area contributed by atoms with Crippen molar-refractivity contribution in [1.29, 1.82) is 0 Å². The summed E-state index contributed by atoms with van der Waals surface area (Å²) in [4.78, 5) is 15.2. The molecule has 0 aromatic heterocycles. The highest BCUT2D eigenvalue weighted by Gasteiger charge is 2.55. The molecule has 2 bridgehead atoms. The molecule has 1 amide bonds. The average molecular weight is 680 g/mol. The van der Waals surface area contributed by atoms with Gasteiger partial charge in [0.25, 0.3) is 5.92 Å². The van der Waals surface area contributed by atoms with E-state index in [9.17, 15) is 13.2 Å². The first-order chi connectivity index (χ1) is 22.5. The summed E-state index contributed by atoms with van der Waals surface area (Å²) >= 11 is 5.99. The molecule has 4 atom stereocenters. The molecule has 4 aromatic rings. The number of ether oxygens (including phenoxy) is 1. The normalized spacial score (nSPS) is 22.2. The van der Waals surface area contributed by atoms with Crippen molar-refractivity contribution in [2.45, 2.75) is 86.0 Å². The van der Waals surface area contributed by atoms with Crippen LogP contribution in [-0.2, 0) is 20.7 Å². The van der Waals surface area contributed by atoms with Crippen LogP contribution in [0.15, 0.2) is 89.8 Å². The number of hydrogen-bond donors (Lipinski definition) is 2. The van der Waals surface area contributed by atoms with Gasteiger partial charge in [-0.3, -0.25) is 4.79 Å². The molecule has 2 aliphatic heterocycles. The number of rotatable bonds is 9. The van der Waals surface area contributed by atoms with E-state index in [4.69, 9.17) is 22.1 Å². The summed E-state index contributed by atoms with van der Waals surface area (Å²) in [6.45, 7) is 0. The highest BCUT2D eigenvalue weighted by molar-refractivity contribution is 7.89. The lowest BCUT2D eigenvalue weighted by Gasteiger charge is -2.33. The van der Waals surface area contributed by atoms with Crippen molar-refractivity contribution in [3.8, 4) is 16.9 Å². The molecule has 246 valence electrons. The van der Waals surface area contributed by atoms with Crippen LogP contribution in [0.1, 0.15) is 50.5 Å². The number of sulfonamides is 1. The van der Waals surface area contributed by atoms with Crippen LogP contribution < -0.4 is 15.2 Å². The van der Waals surface area contributed by atoms with Gasteiger partial charge in [-0.2, -0.15) is 13.5 Å². The Hall–Kier alpha value is -3.57. The minimum absolute atomic E-state index is 0.168. The van der Waals surface area contributed by atoms with E-state index < -0.39 is 39.5 Å². The fourth-order valence-electron chi connectivity index (χ4n) is 7.37. The molecule has 1 aliphatic carbocycles. The maximum atomic E-state index is 16.6. The molecule has 7 rings (SSSR count). The van der Waals surface area contributed by atoms with E-state index in [1.807, 2.05) is 6.07 Å². The van der Waals surface area contributed by atoms with Crippen LogP contribution in [0.25, 0.3) is 21.9 Å². The van der Waals surface area contributed by atoms with E-state index in [0.29, 0.717) is 41.0 Å². The molecule has 47 heavy (non-hydrogen) atoms. The summed E-state index contributed by atoms with van der Waals surface area (Å²) in [5.74, 6) is -4.17. The number of halogens is 3. The molecule has 2 heterocycles. The predicted octanol–water partition coefficient (Wildman–Crippen LogP) is 7.01. The molecule has 3 N–H and O–H groups in total. The van der Waals surface area contributed by atoms with E-state index in [0.717, 1.165) is 36.6 Å². The third-order valence-corrected chi connectivity index (χ3v) is 11.5. The number of hydrogen-bond acceptors (Lipinski definition) is 5. The van der Waals surface area contributed by atoms with Crippen LogP contribution >= 0.6 is 11.6 Å². The Labute approximate surface area is 278 Å². The highest BCUT2D eigenvalue weighted by atomic mass is 35.5. The zero-order valence-corrected chi connectivity index (χ0v) is 27.2. The molecule has 2 unspecified atom stereocenters.